The molecule has 0 spiro atoms. The van der Waals surface area contributed by atoms with Crippen LogP contribution in [0.25, 0.3) is 0 Å². The fourth-order valence-electron chi connectivity index (χ4n) is 3.16. The minimum Gasteiger partial charge on any atom is -0.396 e. The Morgan fingerprint density at radius 3 is 2.91 bits per heavy atom. The third-order valence-electron chi connectivity index (χ3n) is 4.46. The summed E-state index contributed by atoms with van der Waals surface area (Å²) in [6.45, 7) is 1.12. The summed E-state index contributed by atoms with van der Waals surface area (Å²) in [5.74, 6) is 0.115. The van der Waals surface area contributed by atoms with Gasteiger partial charge in [0, 0.05) is 19.3 Å². The number of aromatic amines is 1. The van der Waals surface area contributed by atoms with E-state index in [0.29, 0.717) is 6.61 Å². The number of likely N-dealkylation sites (tertiary alicyclic amines) is 1. The highest BCUT2D eigenvalue weighted by Gasteiger charge is 2.27. The molecule has 2 heterocycles. The van der Waals surface area contributed by atoms with Gasteiger partial charge in [0.15, 0.2) is 0 Å². The Balaban J connectivity index is 1.74. The van der Waals surface area contributed by atoms with Gasteiger partial charge in [-0.15, -0.1) is 0 Å². The lowest BCUT2D eigenvalue weighted by molar-refractivity contribution is -0.129. The minimum atomic E-state index is 0.115. The van der Waals surface area contributed by atoms with Crippen LogP contribution in [0.15, 0.2) is 24.4 Å². The van der Waals surface area contributed by atoms with Gasteiger partial charge in [0.2, 0.25) is 5.91 Å². The highest BCUT2D eigenvalue weighted by Crippen LogP contribution is 2.29. The van der Waals surface area contributed by atoms with Gasteiger partial charge in [-0.05, 0) is 50.7 Å². The summed E-state index contributed by atoms with van der Waals surface area (Å²) >= 11 is 0. The highest BCUT2D eigenvalue weighted by molar-refractivity contribution is 5.88. The van der Waals surface area contributed by atoms with E-state index in [4.69, 9.17) is 5.11 Å². The van der Waals surface area contributed by atoms with Crippen molar-refractivity contribution in [1.82, 2.24) is 15.1 Å². The Labute approximate surface area is 138 Å². The highest BCUT2D eigenvalue weighted by atomic mass is 16.2. The predicted molar refractivity (Wildman–Crippen MR) is 90.8 cm³/mol. The third kappa shape index (κ3) is 5.82. The molecule has 1 aliphatic heterocycles. The van der Waals surface area contributed by atoms with Crippen molar-refractivity contribution in [2.75, 3.05) is 13.2 Å². The first kappa shape index (κ1) is 17.7. The number of aliphatic hydroxyl groups excluding tert-OH is 1. The zero-order valence-corrected chi connectivity index (χ0v) is 13.9. The van der Waals surface area contributed by atoms with Crippen LogP contribution in [-0.4, -0.2) is 39.3 Å². The van der Waals surface area contributed by atoms with Gasteiger partial charge in [-0.3, -0.25) is 9.89 Å². The Kier molecular flexibility index (Phi) is 7.87. The van der Waals surface area contributed by atoms with E-state index in [-0.39, 0.29) is 11.9 Å². The van der Waals surface area contributed by atoms with Crippen molar-refractivity contribution >= 4 is 5.91 Å². The van der Waals surface area contributed by atoms with Crippen LogP contribution >= 0.6 is 0 Å². The second-order valence-corrected chi connectivity index (χ2v) is 6.24. The van der Waals surface area contributed by atoms with Crippen LogP contribution in [0, 0.1) is 0 Å². The molecular weight excluding hydrogens is 290 g/mol. The molecule has 0 aliphatic carbocycles. The van der Waals surface area contributed by atoms with Crippen LogP contribution in [-0.2, 0) is 4.79 Å². The van der Waals surface area contributed by atoms with Crippen molar-refractivity contribution in [3.63, 3.8) is 0 Å². The van der Waals surface area contributed by atoms with Crippen molar-refractivity contribution in [3.8, 4) is 0 Å². The van der Waals surface area contributed by atoms with Crippen LogP contribution in [0.3, 0.4) is 0 Å². The molecule has 0 bridgehead atoms. The van der Waals surface area contributed by atoms with Gasteiger partial charge in [-0.1, -0.05) is 25.3 Å². The summed E-state index contributed by atoms with van der Waals surface area (Å²) < 4.78 is 0. The third-order valence-corrected chi connectivity index (χ3v) is 4.46. The van der Waals surface area contributed by atoms with E-state index in [1.165, 1.54) is 6.42 Å². The number of aliphatic hydroxyl groups is 1. The molecule has 2 rings (SSSR count). The van der Waals surface area contributed by atoms with Gasteiger partial charge in [0.25, 0.3) is 0 Å². The monoisotopic (exact) mass is 319 g/mol. The quantitative estimate of drug-likeness (QED) is 0.542. The topological polar surface area (TPSA) is 69.2 Å². The van der Waals surface area contributed by atoms with Crippen molar-refractivity contribution in [2.45, 2.75) is 63.8 Å². The molecule has 1 atom stereocenters. The number of rotatable bonds is 9. The summed E-state index contributed by atoms with van der Waals surface area (Å²) in [4.78, 5) is 14.4. The lowest BCUT2D eigenvalue weighted by atomic mass is 9.99. The number of H-pyrrole nitrogens is 1. The molecule has 128 valence electrons. The number of allylic oxidation sites excluding steroid dienone is 1. The second-order valence-electron chi connectivity index (χ2n) is 6.24. The van der Waals surface area contributed by atoms with Crippen LogP contribution in [0.2, 0.25) is 0 Å². The average molecular weight is 319 g/mol. The molecule has 5 heteroatoms. The Hall–Kier alpha value is -1.62. The molecular formula is C18H29N3O2. The van der Waals surface area contributed by atoms with E-state index in [2.05, 4.69) is 10.2 Å². The Morgan fingerprint density at radius 1 is 1.30 bits per heavy atom. The molecule has 1 unspecified atom stereocenters. The van der Waals surface area contributed by atoms with E-state index in [0.717, 1.165) is 63.6 Å². The first-order valence-electron chi connectivity index (χ1n) is 8.90. The van der Waals surface area contributed by atoms with Crippen molar-refractivity contribution < 1.29 is 9.90 Å². The number of carbonyl (C=O) groups excluding carboxylic acids is 1. The largest absolute Gasteiger partial charge is 0.396 e. The molecule has 2 N–H and O–H groups in total. The first-order valence-corrected chi connectivity index (χ1v) is 8.90. The SMILES string of the molecule is O=C(/C=C/CCCCCCCO)N1CCCCC1c1ccn[nH]1. The van der Waals surface area contributed by atoms with Crippen molar-refractivity contribution in [2.24, 2.45) is 0 Å². The number of aromatic nitrogens is 2. The number of amides is 1. The van der Waals surface area contributed by atoms with Gasteiger partial charge >= 0.3 is 0 Å². The van der Waals surface area contributed by atoms with Crippen LogP contribution < -0.4 is 0 Å². The molecule has 1 aliphatic rings. The lowest BCUT2D eigenvalue weighted by Crippen LogP contribution is -2.37. The molecule has 0 saturated carbocycles. The molecule has 1 saturated heterocycles. The Bertz CT molecular complexity index is 471. The molecule has 1 aromatic heterocycles. The van der Waals surface area contributed by atoms with Gasteiger partial charge in [0.05, 0.1) is 11.7 Å². The van der Waals surface area contributed by atoms with Gasteiger partial charge in [0.1, 0.15) is 0 Å². The molecule has 0 aromatic carbocycles. The number of carbonyl (C=O) groups is 1. The maximum Gasteiger partial charge on any atom is 0.246 e. The number of hydrogen-bond acceptors (Lipinski definition) is 3. The van der Waals surface area contributed by atoms with Crippen LogP contribution in [0.1, 0.15) is 69.5 Å². The summed E-state index contributed by atoms with van der Waals surface area (Å²) in [6.07, 6.45) is 15.1. The molecule has 5 nitrogen and oxygen atoms in total. The van der Waals surface area contributed by atoms with Crippen LogP contribution in [0.5, 0.6) is 0 Å². The predicted octanol–water partition coefficient (Wildman–Crippen LogP) is 3.35. The van der Waals surface area contributed by atoms with Crippen LogP contribution in [0.4, 0.5) is 0 Å². The summed E-state index contributed by atoms with van der Waals surface area (Å²) in [7, 11) is 0. The van der Waals surface area contributed by atoms with E-state index >= 15 is 0 Å². The first-order chi connectivity index (χ1) is 11.3. The van der Waals surface area contributed by atoms with Gasteiger partial charge < -0.3 is 10.0 Å². The number of nitrogens with zero attached hydrogens (tertiary/aromatic N) is 2. The van der Waals surface area contributed by atoms with Gasteiger partial charge in [-0.2, -0.15) is 5.10 Å². The number of nitrogens with one attached hydrogen (secondary N) is 1. The smallest absolute Gasteiger partial charge is 0.246 e. The fourth-order valence-corrected chi connectivity index (χ4v) is 3.16. The second kappa shape index (κ2) is 10.2. The zero-order chi connectivity index (χ0) is 16.3. The van der Waals surface area contributed by atoms with Crippen molar-refractivity contribution in [3.05, 3.63) is 30.1 Å². The Morgan fingerprint density at radius 2 is 2.13 bits per heavy atom. The number of unbranched alkanes of at least 4 members (excludes halogenated alkanes) is 5. The fraction of sp³-hybridized carbons (Fsp3) is 0.667. The average Bonchev–Trinajstić information content (AvgIpc) is 3.11. The molecule has 23 heavy (non-hydrogen) atoms. The number of hydrogen-bond donors (Lipinski definition) is 2. The molecule has 1 fully saturated rings. The normalized spacial score (nSPS) is 18.7. The van der Waals surface area contributed by atoms with Gasteiger partial charge in [-0.25, -0.2) is 0 Å². The number of piperidine rings is 1. The molecule has 0 radical (unpaired) electrons. The van der Waals surface area contributed by atoms with E-state index < -0.39 is 0 Å². The summed E-state index contributed by atoms with van der Waals surface area (Å²) in [5.41, 5.74) is 1.04. The zero-order valence-electron chi connectivity index (χ0n) is 13.9. The van der Waals surface area contributed by atoms with E-state index in [9.17, 15) is 4.79 Å². The molecule has 1 aromatic rings. The maximum absolute atomic E-state index is 12.5. The van der Waals surface area contributed by atoms with Crippen molar-refractivity contribution in [1.29, 1.82) is 0 Å². The minimum absolute atomic E-state index is 0.115. The lowest BCUT2D eigenvalue weighted by Gasteiger charge is -2.34. The summed E-state index contributed by atoms with van der Waals surface area (Å²) in [6, 6.07) is 2.11. The van der Waals surface area contributed by atoms with E-state index in [1.807, 2.05) is 17.0 Å². The standard InChI is InChI=1S/C18H29N3O2/c22-15-9-5-3-1-2-4-6-11-18(23)21-14-8-7-10-17(21)16-12-13-19-20-16/h6,11-13,17,22H,1-5,7-10,14-15H2,(H,19,20)/b11-6+. The van der Waals surface area contributed by atoms with E-state index in [1.54, 1.807) is 12.3 Å². The maximum atomic E-state index is 12.5. The summed E-state index contributed by atoms with van der Waals surface area (Å²) in [5, 5.41) is 15.7. The molecule has 1 amide bonds.